The fourth-order valence-corrected chi connectivity index (χ4v) is 6.39. The van der Waals surface area contributed by atoms with Gasteiger partial charge in [0.25, 0.3) is 0 Å². The fraction of sp³-hybridized carbons (Fsp3) is 0.485. The Kier molecular flexibility index (Phi) is 10.6. The molecular formula is C33H36F6N6O5. The number of aromatic nitrogens is 3. The van der Waals surface area contributed by atoms with Crippen molar-refractivity contribution in [2.45, 2.75) is 70.5 Å². The second kappa shape index (κ2) is 14.6. The number of carboxylic acid groups (broad SMARTS) is 1. The number of halogens is 6. The van der Waals surface area contributed by atoms with Crippen molar-refractivity contribution in [2.75, 3.05) is 41.5 Å². The highest BCUT2D eigenvalue weighted by molar-refractivity contribution is 5.90. The Morgan fingerprint density at radius 3 is 2.12 bits per heavy atom. The van der Waals surface area contributed by atoms with Crippen LogP contribution in [0.2, 0.25) is 0 Å². The normalized spacial score (nSPS) is 18.4. The number of carbonyl (C=O) groups is 2. The summed E-state index contributed by atoms with van der Waals surface area (Å²) < 4.78 is 94.0. The molecule has 0 saturated carbocycles. The lowest BCUT2D eigenvalue weighted by atomic mass is 9.92. The summed E-state index contributed by atoms with van der Waals surface area (Å²) in [7, 11) is 1.38. The molecule has 11 nitrogen and oxygen atoms in total. The summed E-state index contributed by atoms with van der Waals surface area (Å²) in [5, 5.41) is 9.36. The molecule has 1 amide bonds. The maximum atomic E-state index is 13.9. The number of amides is 1. The van der Waals surface area contributed by atoms with Crippen LogP contribution in [0.5, 0.6) is 5.88 Å². The van der Waals surface area contributed by atoms with E-state index in [1.54, 1.807) is 13.0 Å². The molecule has 1 fully saturated rings. The minimum Gasteiger partial charge on any atom is -0.481 e. The zero-order chi connectivity index (χ0) is 36.4. The molecule has 0 aliphatic carbocycles. The minimum atomic E-state index is -5.06. The van der Waals surface area contributed by atoms with Crippen molar-refractivity contribution in [3.8, 4) is 5.88 Å². The number of hydrogen-bond acceptors (Lipinski definition) is 9. The van der Waals surface area contributed by atoms with Gasteiger partial charge in [-0.25, -0.2) is 19.7 Å². The summed E-state index contributed by atoms with van der Waals surface area (Å²) in [6, 6.07) is 3.16. The molecule has 2 aliphatic rings. The van der Waals surface area contributed by atoms with Gasteiger partial charge in [0.05, 0.1) is 66.3 Å². The maximum absolute atomic E-state index is 13.9. The number of anilines is 3. The van der Waals surface area contributed by atoms with E-state index in [-0.39, 0.29) is 42.2 Å². The third-order valence-corrected chi connectivity index (χ3v) is 8.92. The number of ether oxygens (including phenoxy) is 2. The third-order valence-electron chi connectivity index (χ3n) is 8.92. The van der Waals surface area contributed by atoms with Crippen molar-refractivity contribution >= 4 is 29.4 Å². The molecular weight excluding hydrogens is 674 g/mol. The summed E-state index contributed by atoms with van der Waals surface area (Å²) in [6.07, 6.45) is -6.44. The van der Waals surface area contributed by atoms with E-state index in [4.69, 9.17) is 9.47 Å². The molecule has 1 aromatic carbocycles. The number of aliphatic carboxylic acids is 1. The molecule has 1 N–H and O–H groups in total. The van der Waals surface area contributed by atoms with Crippen LogP contribution in [-0.4, -0.2) is 65.0 Å². The first-order chi connectivity index (χ1) is 23.6. The van der Waals surface area contributed by atoms with E-state index in [1.807, 2.05) is 11.8 Å². The van der Waals surface area contributed by atoms with Crippen LogP contribution in [0.1, 0.15) is 68.0 Å². The number of benzene rings is 1. The third kappa shape index (κ3) is 7.81. The molecule has 17 heteroatoms. The second-order valence-corrected chi connectivity index (χ2v) is 12.0. The molecule has 4 heterocycles. The lowest BCUT2D eigenvalue weighted by Gasteiger charge is -2.43. The summed E-state index contributed by atoms with van der Waals surface area (Å²) in [6.45, 7) is 3.94. The highest BCUT2D eigenvalue weighted by Gasteiger charge is 2.42. The summed E-state index contributed by atoms with van der Waals surface area (Å²) in [5.74, 6) is -1.21. The molecule has 0 bridgehead atoms. The molecule has 0 spiro atoms. The van der Waals surface area contributed by atoms with E-state index in [9.17, 15) is 41.0 Å². The molecule has 2 aromatic heterocycles. The van der Waals surface area contributed by atoms with Crippen molar-refractivity contribution in [2.24, 2.45) is 5.92 Å². The zero-order valence-electron chi connectivity index (χ0n) is 27.5. The van der Waals surface area contributed by atoms with E-state index in [1.165, 1.54) is 35.4 Å². The molecule has 2 atom stereocenters. The summed E-state index contributed by atoms with van der Waals surface area (Å²) >= 11 is 0. The molecule has 1 saturated heterocycles. The molecule has 0 radical (unpaired) electrons. The number of nitrogens with zero attached hydrogens (tertiary/aromatic N) is 6. The van der Waals surface area contributed by atoms with Crippen molar-refractivity contribution in [3.05, 3.63) is 65.1 Å². The van der Waals surface area contributed by atoms with Crippen molar-refractivity contribution in [3.63, 3.8) is 0 Å². The molecule has 1 unspecified atom stereocenters. The van der Waals surface area contributed by atoms with Gasteiger partial charge in [-0.15, -0.1) is 0 Å². The Labute approximate surface area is 283 Å². The highest BCUT2D eigenvalue weighted by Crippen LogP contribution is 2.44. The van der Waals surface area contributed by atoms with Gasteiger partial charge in [-0.1, -0.05) is 6.92 Å². The molecule has 3 aromatic rings. The number of hydrogen-bond donors (Lipinski definition) is 1. The molecule has 5 rings (SSSR count). The van der Waals surface area contributed by atoms with Gasteiger partial charge in [0, 0.05) is 31.7 Å². The van der Waals surface area contributed by atoms with Gasteiger partial charge < -0.3 is 24.4 Å². The average molecular weight is 711 g/mol. The summed E-state index contributed by atoms with van der Waals surface area (Å²) in [5.41, 5.74) is -2.08. The first-order valence-corrected chi connectivity index (χ1v) is 16.0. The molecule has 50 heavy (non-hydrogen) atoms. The smallest absolute Gasteiger partial charge is 0.416 e. The van der Waals surface area contributed by atoms with E-state index in [0.29, 0.717) is 55.9 Å². The topological polar surface area (TPSA) is 121 Å². The standard InChI is InChI=1S/C33H36F6N6O5/c1-4-23-15-26(28-25(6-7-27(42-28)49-3)45(23)31(48)50-5-2)44(18-19-12-21(32(34,35)36)14-22(13-19)33(37,38)39)30-40-16-24(17-41-30)43-10-8-20(9-11-43)29(46)47/h6-7,12-14,16-17,20,23,26H,4-5,8-11,15,18H2,1-3H3,(H,46,47)/t23-,26?/m1/s1. The maximum Gasteiger partial charge on any atom is 0.416 e. The lowest BCUT2D eigenvalue weighted by Crippen LogP contribution is -2.48. The van der Waals surface area contributed by atoms with Crippen molar-refractivity contribution in [1.29, 1.82) is 0 Å². The van der Waals surface area contributed by atoms with Crippen LogP contribution in [0.15, 0.2) is 42.7 Å². The van der Waals surface area contributed by atoms with Crippen LogP contribution in [0.3, 0.4) is 0 Å². The molecule has 2 aliphatic heterocycles. The quantitative estimate of drug-likeness (QED) is 0.230. The Balaban J connectivity index is 1.63. The van der Waals surface area contributed by atoms with Crippen LogP contribution >= 0.6 is 0 Å². The Morgan fingerprint density at radius 2 is 1.60 bits per heavy atom. The number of fused-ring (bicyclic) bond motifs is 1. The Bertz CT molecular complexity index is 1650. The average Bonchev–Trinajstić information content (AvgIpc) is 3.09. The van der Waals surface area contributed by atoms with Crippen molar-refractivity contribution in [1.82, 2.24) is 15.0 Å². The number of carboxylic acids is 1. The van der Waals surface area contributed by atoms with Crippen LogP contribution < -0.4 is 19.4 Å². The van der Waals surface area contributed by atoms with E-state index >= 15 is 0 Å². The minimum absolute atomic E-state index is 0.0137. The van der Waals surface area contributed by atoms with Gasteiger partial charge in [0.1, 0.15) is 0 Å². The van der Waals surface area contributed by atoms with Crippen LogP contribution in [0, 0.1) is 5.92 Å². The van der Waals surface area contributed by atoms with Crippen LogP contribution in [0.4, 0.5) is 48.5 Å². The van der Waals surface area contributed by atoms with E-state index in [2.05, 4.69) is 15.0 Å². The van der Waals surface area contributed by atoms with Gasteiger partial charge in [0.2, 0.25) is 11.8 Å². The second-order valence-electron chi connectivity index (χ2n) is 12.0. The number of rotatable bonds is 9. The fourth-order valence-electron chi connectivity index (χ4n) is 6.39. The highest BCUT2D eigenvalue weighted by atomic mass is 19.4. The van der Waals surface area contributed by atoms with Crippen molar-refractivity contribution < 1.29 is 50.5 Å². The van der Waals surface area contributed by atoms with Gasteiger partial charge >= 0.3 is 24.4 Å². The summed E-state index contributed by atoms with van der Waals surface area (Å²) in [4.78, 5) is 43.1. The zero-order valence-corrected chi connectivity index (χ0v) is 27.5. The number of piperidine rings is 1. The van der Waals surface area contributed by atoms with Gasteiger partial charge in [0.15, 0.2) is 0 Å². The largest absolute Gasteiger partial charge is 0.481 e. The number of pyridine rings is 1. The van der Waals surface area contributed by atoms with Gasteiger partial charge in [-0.2, -0.15) is 26.3 Å². The predicted molar refractivity (Wildman–Crippen MR) is 169 cm³/mol. The SMILES string of the molecule is CCOC(=O)N1c2ccc(OC)nc2C(N(Cc2cc(C(F)(F)F)cc(C(F)(F)F)c2)c2ncc(N3CCC(C(=O)O)CC3)cn2)C[C@H]1CC. The number of carbonyl (C=O) groups excluding carboxylic acids is 1. The monoisotopic (exact) mass is 710 g/mol. The van der Waals surface area contributed by atoms with Gasteiger partial charge in [-0.3, -0.25) is 9.69 Å². The van der Waals surface area contributed by atoms with Crippen LogP contribution in [-0.2, 0) is 28.4 Å². The first-order valence-electron chi connectivity index (χ1n) is 16.0. The lowest BCUT2D eigenvalue weighted by molar-refractivity contribution is -0.144. The van der Waals surface area contributed by atoms with Crippen LogP contribution in [0.25, 0.3) is 0 Å². The Hall–Kier alpha value is -4.83. The van der Waals surface area contributed by atoms with E-state index < -0.39 is 60.1 Å². The Morgan fingerprint density at radius 1 is 0.980 bits per heavy atom. The molecule has 270 valence electrons. The van der Waals surface area contributed by atoms with Gasteiger partial charge in [-0.05, 0) is 62.4 Å². The first kappa shape index (κ1) is 36.5. The number of alkyl halides is 6. The van der Waals surface area contributed by atoms with E-state index in [0.717, 1.165) is 0 Å². The predicted octanol–water partition coefficient (Wildman–Crippen LogP) is 7.11. The number of methoxy groups -OCH3 is 1.